The molecule has 1 aromatic carbocycles. The van der Waals surface area contributed by atoms with Crippen LogP contribution < -0.4 is 10.6 Å². The number of nitrogens with zero attached hydrogens (tertiary/aromatic N) is 2. The lowest BCUT2D eigenvalue weighted by Crippen LogP contribution is -2.52. The molecule has 1 unspecified atom stereocenters. The molecule has 1 atom stereocenters. The van der Waals surface area contributed by atoms with Gasteiger partial charge in [-0.1, -0.05) is 31.2 Å². The number of hydrogen-bond donors (Lipinski definition) is 2. The van der Waals surface area contributed by atoms with Crippen LogP contribution in [0.5, 0.6) is 0 Å². The van der Waals surface area contributed by atoms with Gasteiger partial charge in [0, 0.05) is 45.9 Å². The molecular formula is C21H34N4O3. The zero-order valence-corrected chi connectivity index (χ0v) is 17.4. The van der Waals surface area contributed by atoms with Gasteiger partial charge in [-0.2, -0.15) is 0 Å². The minimum absolute atomic E-state index is 0.0314. The van der Waals surface area contributed by atoms with E-state index in [1.807, 2.05) is 31.2 Å². The highest BCUT2D eigenvalue weighted by Gasteiger charge is 2.20. The van der Waals surface area contributed by atoms with E-state index in [-0.39, 0.29) is 17.9 Å². The molecule has 2 amide bonds. The molecule has 0 spiro atoms. The molecule has 0 aliphatic carbocycles. The van der Waals surface area contributed by atoms with Crippen molar-refractivity contribution in [1.29, 1.82) is 0 Å². The van der Waals surface area contributed by atoms with Crippen LogP contribution in [0.3, 0.4) is 0 Å². The van der Waals surface area contributed by atoms with Crippen molar-refractivity contribution in [3.05, 3.63) is 35.4 Å². The smallest absolute Gasteiger partial charge is 0.234 e. The summed E-state index contributed by atoms with van der Waals surface area (Å²) < 4.78 is 5.10. The first-order valence-electron chi connectivity index (χ1n) is 10.1. The van der Waals surface area contributed by atoms with Crippen LogP contribution in [0.4, 0.5) is 0 Å². The monoisotopic (exact) mass is 390 g/mol. The Morgan fingerprint density at radius 1 is 1.00 bits per heavy atom. The summed E-state index contributed by atoms with van der Waals surface area (Å²) >= 11 is 0. The molecule has 0 radical (unpaired) electrons. The summed E-state index contributed by atoms with van der Waals surface area (Å²) in [6.45, 7) is 9.25. The van der Waals surface area contributed by atoms with Crippen LogP contribution in [0, 0.1) is 0 Å². The Kier molecular flexibility index (Phi) is 9.40. The number of ether oxygens (including phenoxy) is 1. The standard InChI is InChI=1S/C21H34N4O3/c1-4-17(2)23-21(27)15-25-11-9-24(10-12-25)14-20(26)22-13-18-5-7-19(8-6-18)16-28-3/h5-8,17H,4,9-16H2,1-3H3,(H,22,26)(H,23,27). The maximum atomic E-state index is 12.2. The molecule has 7 heteroatoms. The number of hydrogen-bond acceptors (Lipinski definition) is 5. The van der Waals surface area contributed by atoms with Crippen LogP contribution in [-0.4, -0.2) is 74.0 Å². The molecule has 0 aromatic heterocycles. The largest absolute Gasteiger partial charge is 0.380 e. The van der Waals surface area contributed by atoms with Crippen LogP contribution in [0.2, 0.25) is 0 Å². The number of methoxy groups -OCH3 is 1. The first kappa shape index (κ1) is 22.3. The van der Waals surface area contributed by atoms with E-state index in [0.717, 1.165) is 43.7 Å². The van der Waals surface area contributed by atoms with E-state index in [1.54, 1.807) is 7.11 Å². The fourth-order valence-corrected chi connectivity index (χ4v) is 3.11. The highest BCUT2D eigenvalue weighted by Crippen LogP contribution is 2.06. The third-order valence-electron chi connectivity index (χ3n) is 5.04. The molecular weight excluding hydrogens is 356 g/mol. The van der Waals surface area contributed by atoms with Crippen molar-refractivity contribution in [3.8, 4) is 0 Å². The molecule has 1 aromatic rings. The van der Waals surface area contributed by atoms with Gasteiger partial charge >= 0.3 is 0 Å². The zero-order chi connectivity index (χ0) is 20.4. The number of amides is 2. The van der Waals surface area contributed by atoms with Crippen LogP contribution in [-0.2, 0) is 27.5 Å². The van der Waals surface area contributed by atoms with E-state index in [4.69, 9.17) is 4.74 Å². The maximum Gasteiger partial charge on any atom is 0.234 e. The van der Waals surface area contributed by atoms with Crippen molar-refractivity contribution in [1.82, 2.24) is 20.4 Å². The Balaban J connectivity index is 1.64. The Morgan fingerprint density at radius 2 is 1.54 bits per heavy atom. The number of piperazine rings is 1. The molecule has 2 rings (SSSR count). The van der Waals surface area contributed by atoms with Crippen molar-refractivity contribution in [2.75, 3.05) is 46.4 Å². The first-order chi connectivity index (χ1) is 13.5. The predicted molar refractivity (Wildman–Crippen MR) is 110 cm³/mol. The lowest BCUT2D eigenvalue weighted by atomic mass is 10.1. The molecule has 1 aliphatic rings. The maximum absolute atomic E-state index is 12.2. The van der Waals surface area contributed by atoms with Gasteiger partial charge in [-0.15, -0.1) is 0 Å². The van der Waals surface area contributed by atoms with Gasteiger partial charge in [-0.05, 0) is 24.5 Å². The number of benzene rings is 1. The summed E-state index contributed by atoms with van der Waals surface area (Å²) in [5.41, 5.74) is 2.19. The zero-order valence-electron chi connectivity index (χ0n) is 17.4. The Morgan fingerprint density at radius 3 is 2.07 bits per heavy atom. The molecule has 1 heterocycles. The van der Waals surface area contributed by atoms with Crippen molar-refractivity contribution < 1.29 is 14.3 Å². The van der Waals surface area contributed by atoms with E-state index in [2.05, 4.69) is 27.4 Å². The molecule has 1 aliphatic heterocycles. The summed E-state index contributed by atoms with van der Waals surface area (Å²) in [4.78, 5) is 28.5. The van der Waals surface area contributed by atoms with Crippen LogP contribution >= 0.6 is 0 Å². The van der Waals surface area contributed by atoms with Gasteiger partial charge < -0.3 is 15.4 Å². The predicted octanol–water partition coefficient (Wildman–Crippen LogP) is 0.982. The molecule has 1 saturated heterocycles. The van der Waals surface area contributed by atoms with Gasteiger partial charge in [-0.25, -0.2) is 0 Å². The van der Waals surface area contributed by atoms with Gasteiger partial charge in [-0.3, -0.25) is 19.4 Å². The lowest BCUT2D eigenvalue weighted by molar-refractivity contribution is -0.125. The van der Waals surface area contributed by atoms with Crippen molar-refractivity contribution in [2.24, 2.45) is 0 Å². The number of rotatable bonds is 10. The number of carbonyl (C=O) groups excluding carboxylic acids is 2. The second kappa shape index (κ2) is 11.8. The second-order valence-electron chi connectivity index (χ2n) is 7.46. The minimum atomic E-state index is 0.0314. The van der Waals surface area contributed by atoms with E-state index in [0.29, 0.717) is 26.2 Å². The summed E-state index contributed by atoms with van der Waals surface area (Å²) in [6, 6.07) is 8.27. The average Bonchev–Trinajstić information content (AvgIpc) is 2.69. The summed E-state index contributed by atoms with van der Waals surface area (Å²) in [5.74, 6) is 0.112. The number of nitrogens with one attached hydrogen (secondary N) is 2. The average molecular weight is 391 g/mol. The van der Waals surface area contributed by atoms with Gasteiger partial charge in [0.1, 0.15) is 0 Å². The van der Waals surface area contributed by atoms with Gasteiger partial charge in [0.15, 0.2) is 0 Å². The van der Waals surface area contributed by atoms with E-state index in [1.165, 1.54) is 0 Å². The van der Waals surface area contributed by atoms with Crippen molar-refractivity contribution >= 4 is 11.8 Å². The SMILES string of the molecule is CCC(C)NC(=O)CN1CCN(CC(=O)NCc2ccc(COC)cc2)CC1. The quantitative estimate of drug-likeness (QED) is 0.623. The van der Waals surface area contributed by atoms with Crippen molar-refractivity contribution in [3.63, 3.8) is 0 Å². The molecule has 0 saturated carbocycles. The highest BCUT2D eigenvalue weighted by atomic mass is 16.5. The fourth-order valence-electron chi connectivity index (χ4n) is 3.11. The fraction of sp³-hybridized carbons (Fsp3) is 0.619. The van der Waals surface area contributed by atoms with Gasteiger partial charge in [0.25, 0.3) is 0 Å². The van der Waals surface area contributed by atoms with Crippen LogP contribution in [0.25, 0.3) is 0 Å². The topological polar surface area (TPSA) is 73.9 Å². The van der Waals surface area contributed by atoms with Crippen molar-refractivity contribution in [2.45, 2.75) is 39.5 Å². The summed E-state index contributed by atoms with van der Waals surface area (Å²) in [6.07, 6.45) is 0.936. The molecule has 0 bridgehead atoms. The third-order valence-corrected chi connectivity index (χ3v) is 5.04. The van der Waals surface area contributed by atoms with E-state index >= 15 is 0 Å². The van der Waals surface area contributed by atoms with E-state index in [9.17, 15) is 9.59 Å². The molecule has 28 heavy (non-hydrogen) atoms. The van der Waals surface area contributed by atoms with Gasteiger partial charge in [0.05, 0.1) is 19.7 Å². The molecule has 2 N–H and O–H groups in total. The number of carbonyl (C=O) groups is 2. The van der Waals surface area contributed by atoms with Crippen LogP contribution in [0.15, 0.2) is 24.3 Å². The Hall–Kier alpha value is -1.96. The Labute approximate surface area is 168 Å². The third kappa shape index (κ3) is 7.96. The Bertz CT molecular complexity index is 613. The van der Waals surface area contributed by atoms with Crippen LogP contribution in [0.1, 0.15) is 31.4 Å². The van der Waals surface area contributed by atoms with Gasteiger partial charge in [0.2, 0.25) is 11.8 Å². The first-order valence-corrected chi connectivity index (χ1v) is 10.1. The summed E-state index contributed by atoms with van der Waals surface area (Å²) in [5, 5.41) is 5.98. The highest BCUT2D eigenvalue weighted by molar-refractivity contribution is 5.78. The lowest BCUT2D eigenvalue weighted by Gasteiger charge is -2.34. The second-order valence-corrected chi connectivity index (χ2v) is 7.46. The summed E-state index contributed by atoms with van der Waals surface area (Å²) in [7, 11) is 1.68. The molecule has 156 valence electrons. The van der Waals surface area contributed by atoms with E-state index < -0.39 is 0 Å². The molecule has 1 fully saturated rings. The normalized spacial score (nSPS) is 16.5. The minimum Gasteiger partial charge on any atom is -0.380 e. The molecule has 7 nitrogen and oxygen atoms in total.